The lowest BCUT2D eigenvalue weighted by Gasteiger charge is -2.67. The second-order valence-corrected chi connectivity index (χ2v) is 11.6. The molecule has 1 saturated heterocycles. The van der Waals surface area contributed by atoms with Gasteiger partial charge >= 0.3 is 11.9 Å². The molecule has 35 heavy (non-hydrogen) atoms. The summed E-state index contributed by atoms with van der Waals surface area (Å²) >= 11 is 0. The molecule has 0 radical (unpaired) electrons. The lowest BCUT2D eigenvalue weighted by atomic mass is 9.44. The summed E-state index contributed by atoms with van der Waals surface area (Å²) in [5.41, 5.74) is -3.80. The molecule has 4 aliphatic rings. The topological polar surface area (TPSA) is 129 Å². The van der Waals surface area contributed by atoms with Gasteiger partial charge in [-0.15, -0.1) is 0 Å². The quantitative estimate of drug-likeness (QED) is 0.445. The van der Waals surface area contributed by atoms with Gasteiger partial charge in [0.25, 0.3) is 0 Å². The Morgan fingerprint density at radius 2 is 1.74 bits per heavy atom. The highest BCUT2D eigenvalue weighted by Crippen LogP contribution is 2.64. The molecule has 9 atom stereocenters. The summed E-state index contributed by atoms with van der Waals surface area (Å²) in [6.45, 7) is 11.6. The Kier molecular flexibility index (Phi) is 6.07. The highest BCUT2D eigenvalue weighted by Gasteiger charge is 2.77. The number of methoxy groups -OCH3 is 1. The third kappa shape index (κ3) is 3.31. The lowest BCUT2D eigenvalue weighted by molar-refractivity contribution is -0.352. The van der Waals surface area contributed by atoms with Gasteiger partial charge in [-0.05, 0) is 24.5 Å². The van der Waals surface area contributed by atoms with Gasteiger partial charge in [0.15, 0.2) is 5.60 Å². The van der Waals surface area contributed by atoms with Crippen molar-refractivity contribution in [3.8, 4) is 0 Å². The zero-order chi connectivity index (χ0) is 26.3. The number of hydrogen-bond acceptors (Lipinski definition) is 9. The predicted octanol–water partition coefficient (Wildman–Crippen LogP) is 1.72. The van der Waals surface area contributed by atoms with E-state index in [9.17, 15) is 24.6 Å². The highest BCUT2D eigenvalue weighted by atomic mass is 16.6. The van der Waals surface area contributed by atoms with Crippen LogP contribution in [0.15, 0.2) is 11.1 Å². The Bertz CT molecular complexity index is 985. The normalized spacial score (nSPS) is 46.4. The number of carbonyl (C=O) groups is 3. The minimum Gasteiger partial charge on any atom is -0.459 e. The number of fused-ring (bicyclic) bond motifs is 5. The van der Waals surface area contributed by atoms with Crippen molar-refractivity contribution >= 4 is 17.7 Å². The van der Waals surface area contributed by atoms with Crippen molar-refractivity contribution in [3.63, 3.8) is 0 Å². The predicted molar refractivity (Wildman–Crippen MR) is 123 cm³/mol. The van der Waals surface area contributed by atoms with Gasteiger partial charge in [-0.1, -0.05) is 27.7 Å². The van der Waals surface area contributed by atoms with Crippen LogP contribution in [0.2, 0.25) is 0 Å². The fraction of sp³-hybridized carbons (Fsp3) is 0.808. The van der Waals surface area contributed by atoms with Crippen LogP contribution in [-0.4, -0.2) is 77.3 Å². The van der Waals surface area contributed by atoms with Crippen LogP contribution >= 0.6 is 0 Å². The van der Waals surface area contributed by atoms with Gasteiger partial charge < -0.3 is 29.2 Å². The first-order valence-electron chi connectivity index (χ1n) is 12.3. The number of ether oxygens (including phenoxy) is 4. The number of hydrogen-bond donors (Lipinski definition) is 2. The first kappa shape index (κ1) is 26.3. The first-order valence-corrected chi connectivity index (χ1v) is 12.3. The standard InChI is InChI=1S/C26H38O9/c1-12-17(32-8)10-26(31)22(34-14(3)27)19-24(7,20(30)13(2)18(12)23(26,5)6)9-16(29)21-25(19,11-33-21)35-15(4)28/h13,16-17,19,21-22,29,31H,9-11H2,1-8H3/t13-,16?,17?,19?,21?,22?,24-,25?,26?/m1/s1. The molecule has 2 saturated carbocycles. The maximum absolute atomic E-state index is 14.4. The van der Waals surface area contributed by atoms with E-state index in [1.54, 1.807) is 14.0 Å². The Labute approximate surface area is 206 Å². The fourth-order valence-corrected chi connectivity index (χ4v) is 7.97. The van der Waals surface area contributed by atoms with Crippen molar-refractivity contribution in [3.05, 3.63) is 11.1 Å². The van der Waals surface area contributed by atoms with Gasteiger partial charge in [0.1, 0.15) is 23.6 Å². The average molecular weight is 495 g/mol. The van der Waals surface area contributed by atoms with Crippen LogP contribution in [0.3, 0.4) is 0 Å². The molecule has 2 bridgehead atoms. The van der Waals surface area contributed by atoms with Crippen molar-refractivity contribution < 1.29 is 43.5 Å². The Hall–Kier alpha value is -1.81. The van der Waals surface area contributed by atoms with Crippen molar-refractivity contribution in [1.29, 1.82) is 0 Å². The second-order valence-electron chi connectivity index (χ2n) is 11.6. The molecule has 1 heterocycles. The maximum Gasteiger partial charge on any atom is 0.303 e. The summed E-state index contributed by atoms with van der Waals surface area (Å²) < 4.78 is 23.3. The van der Waals surface area contributed by atoms with Gasteiger partial charge in [0.05, 0.1) is 24.7 Å². The average Bonchev–Trinajstić information content (AvgIpc) is 2.71. The molecule has 3 aliphatic carbocycles. The summed E-state index contributed by atoms with van der Waals surface area (Å²) in [6, 6.07) is 0. The van der Waals surface area contributed by atoms with Crippen LogP contribution in [0.4, 0.5) is 0 Å². The molecule has 9 nitrogen and oxygen atoms in total. The monoisotopic (exact) mass is 494 g/mol. The number of carbonyl (C=O) groups excluding carboxylic acids is 3. The van der Waals surface area contributed by atoms with Gasteiger partial charge in [-0.3, -0.25) is 14.4 Å². The molecule has 0 aromatic carbocycles. The van der Waals surface area contributed by atoms with E-state index in [2.05, 4.69) is 0 Å². The van der Waals surface area contributed by atoms with Crippen LogP contribution in [0.5, 0.6) is 0 Å². The minimum absolute atomic E-state index is 0.0167. The van der Waals surface area contributed by atoms with Crippen LogP contribution in [0, 0.1) is 22.7 Å². The van der Waals surface area contributed by atoms with E-state index in [0.29, 0.717) is 0 Å². The van der Waals surface area contributed by atoms with E-state index in [-0.39, 0.29) is 25.2 Å². The maximum atomic E-state index is 14.4. The molecule has 3 fully saturated rings. The third-order valence-corrected chi connectivity index (χ3v) is 9.40. The van der Waals surface area contributed by atoms with Crippen molar-refractivity contribution in [1.82, 2.24) is 0 Å². The van der Waals surface area contributed by atoms with E-state index >= 15 is 0 Å². The van der Waals surface area contributed by atoms with Gasteiger partial charge in [-0.2, -0.15) is 0 Å². The van der Waals surface area contributed by atoms with Crippen molar-refractivity contribution in [2.75, 3.05) is 13.7 Å². The molecular formula is C26H38O9. The summed E-state index contributed by atoms with van der Waals surface area (Å²) in [4.78, 5) is 39.2. The van der Waals surface area contributed by atoms with Crippen molar-refractivity contribution in [2.24, 2.45) is 22.7 Å². The van der Waals surface area contributed by atoms with Crippen molar-refractivity contribution in [2.45, 2.75) is 96.9 Å². The van der Waals surface area contributed by atoms with Gasteiger partial charge in [0.2, 0.25) is 0 Å². The summed E-state index contributed by atoms with van der Waals surface area (Å²) in [6.07, 6.45) is -3.61. The summed E-state index contributed by atoms with van der Waals surface area (Å²) in [5, 5.41) is 23.7. The Morgan fingerprint density at radius 3 is 2.23 bits per heavy atom. The van der Waals surface area contributed by atoms with Gasteiger partial charge in [0, 0.05) is 44.1 Å². The number of aliphatic hydroxyl groups is 2. The highest BCUT2D eigenvalue weighted by molar-refractivity contribution is 5.91. The molecule has 0 aromatic heterocycles. The van der Waals surface area contributed by atoms with Crippen LogP contribution in [0.1, 0.15) is 61.3 Å². The largest absolute Gasteiger partial charge is 0.459 e. The molecule has 4 rings (SSSR count). The molecule has 2 N–H and O–H groups in total. The molecule has 0 spiro atoms. The van der Waals surface area contributed by atoms with E-state index in [0.717, 1.165) is 11.1 Å². The molecule has 9 heteroatoms. The molecule has 1 aliphatic heterocycles. The number of aliphatic hydroxyl groups excluding tert-OH is 1. The van der Waals surface area contributed by atoms with E-state index < -0.39 is 70.2 Å². The SMILES string of the molecule is COC1CC2(O)C(OC(C)=O)C3C4(OC(C)=O)COC4C(O)C[C@@]3(C)C(=O)[C@H](C)C(=C1C)C2(C)C. The molecule has 0 aromatic rings. The lowest BCUT2D eigenvalue weighted by Crippen LogP contribution is -2.81. The molecule has 0 amide bonds. The number of ketones is 1. The summed E-state index contributed by atoms with van der Waals surface area (Å²) in [5.74, 6) is -3.00. The fourth-order valence-electron chi connectivity index (χ4n) is 7.97. The molecule has 196 valence electrons. The van der Waals surface area contributed by atoms with E-state index in [4.69, 9.17) is 18.9 Å². The minimum atomic E-state index is -1.68. The van der Waals surface area contributed by atoms with E-state index in [1.807, 2.05) is 27.7 Å². The zero-order valence-electron chi connectivity index (χ0n) is 21.8. The Morgan fingerprint density at radius 1 is 1.11 bits per heavy atom. The number of esters is 2. The summed E-state index contributed by atoms with van der Waals surface area (Å²) in [7, 11) is 1.54. The zero-order valence-corrected chi connectivity index (χ0v) is 21.8. The molecule has 7 unspecified atom stereocenters. The number of Topliss-reactive ketones (excluding diaryl/α,β-unsaturated/α-hetero) is 1. The van der Waals surface area contributed by atoms with E-state index in [1.165, 1.54) is 13.8 Å². The third-order valence-electron chi connectivity index (χ3n) is 9.40. The Balaban J connectivity index is 2.07. The second kappa shape index (κ2) is 8.10. The van der Waals surface area contributed by atoms with Crippen LogP contribution in [0.25, 0.3) is 0 Å². The van der Waals surface area contributed by atoms with Gasteiger partial charge in [-0.25, -0.2) is 0 Å². The number of rotatable bonds is 3. The smallest absolute Gasteiger partial charge is 0.303 e. The first-order chi connectivity index (χ1) is 16.1. The van der Waals surface area contributed by atoms with Crippen LogP contribution < -0.4 is 0 Å². The van der Waals surface area contributed by atoms with Crippen LogP contribution in [-0.2, 0) is 33.3 Å². The molecular weight excluding hydrogens is 456 g/mol.